The third-order valence-electron chi connectivity index (χ3n) is 15.9. The molecule has 0 aromatic rings. The Balaban J connectivity index is 4.16. The summed E-state index contributed by atoms with van der Waals surface area (Å²) in [5.74, 6) is -0.879. The minimum Gasteiger partial charge on any atom is -0.462 e. The highest BCUT2D eigenvalue weighted by molar-refractivity contribution is 5.71. The van der Waals surface area contributed by atoms with Crippen LogP contribution in [-0.2, 0) is 28.6 Å². The molecule has 0 aromatic carbocycles. The molecule has 1 atom stereocenters. The molecule has 1 unspecified atom stereocenters. The van der Waals surface area contributed by atoms with Crippen molar-refractivity contribution in [3.05, 3.63) is 36.5 Å². The maximum atomic E-state index is 12.9. The predicted molar refractivity (Wildman–Crippen MR) is 339 cm³/mol. The van der Waals surface area contributed by atoms with E-state index >= 15 is 0 Å². The number of ether oxygens (including phenoxy) is 3. The molecule has 78 heavy (non-hydrogen) atoms. The minimum atomic E-state index is -0.781. The second-order valence-corrected chi connectivity index (χ2v) is 23.8. The van der Waals surface area contributed by atoms with Crippen LogP contribution in [0.3, 0.4) is 0 Å². The summed E-state index contributed by atoms with van der Waals surface area (Å²) in [6.07, 6.45) is 83.4. The molecule has 0 saturated carbocycles. The van der Waals surface area contributed by atoms with Gasteiger partial charge in [0.1, 0.15) is 13.2 Å². The largest absolute Gasteiger partial charge is 0.462 e. The van der Waals surface area contributed by atoms with E-state index in [1.165, 1.54) is 263 Å². The monoisotopic (exact) mass is 1100 g/mol. The van der Waals surface area contributed by atoms with Crippen LogP contribution in [0.15, 0.2) is 36.5 Å². The second-order valence-electron chi connectivity index (χ2n) is 23.8. The van der Waals surface area contributed by atoms with Gasteiger partial charge in [0.2, 0.25) is 0 Å². The topological polar surface area (TPSA) is 78.9 Å². The van der Waals surface area contributed by atoms with Crippen molar-refractivity contribution in [1.29, 1.82) is 0 Å². The zero-order valence-electron chi connectivity index (χ0n) is 52.7. The first-order chi connectivity index (χ1) is 38.5. The van der Waals surface area contributed by atoms with Crippen molar-refractivity contribution in [3.8, 4) is 0 Å². The van der Waals surface area contributed by atoms with Crippen molar-refractivity contribution >= 4 is 17.9 Å². The lowest BCUT2D eigenvalue weighted by Crippen LogP contribution is -2.30. The van der Waals surface area contributed by atoms with Crippen molar-refractivity contribution in [1.82, 2.24) is 0 Å². The van der Waals surface area contributed by atoms with Gasteiger partial charge in [-0.15, -0.1) is 0 Å². The van der Waals surface area contributed by atoms with Crippen LogP contribution in [0, 0.1) is 0 Å². The molecule has 458 valence electrons. The quantitative estimate of drug-likeness (QED) is 0.0261. The van der Waals surface area contributed by atoms with Crippen molar-refractivity contribution in [2.24, 2.45) is 0 Å². The van der Waals surface area contributed by atoms with Gasteiger partial charge in [-0.1, -0.05) is 353 Å². The van der Waals surface area contributed by atoms with Crippen LogP contribution in [0.4, 0.5) is 0 Å². The molecule has 0 N–H and O–H groups in total. The third kappa shape index (κ3) is 64.5. The SMILES string of the molecule is CC/C=C\C/C=C\C/C=C\CCCCCC(=O)OCC(COC(=O)CCCCCCCCCCCCCCCCCCCCCCCCCCCCCCC)OC(=O)CCCCCCCCCCCCCCCCCCCC. The molecule has 0 amide bonds. The molecule has 0 aliphatic rings. The number of hydrogen-bond donors (Lipinski definition) is 0. The van der Waals surface area contributed by atoms with Crippen LogP contribution in [0.5, 0.6) is 0 Å². The van der Waals surface area contributed by atoms with Gasteiger partial charge >= 0.3 is 17.9 Å². The van der Waals surface area contributed by atoms with Crippen molar-refractivity contribution < 1.29 is 28.6 Å². The van der Waals surface area contributed by atoms with E-state index in [0.29, 0.717) is 19.3 Å². The number of esters is 3. The van der Waals surface area contributed by atoms with E-state index < -0.39 is 6.10 Å². The molecule has 0 aliphatic carbocycles. The second kappa shape index (κ2) is 67.1. The molecular formula is C72H134O6. The average Bonchev–Trinajstić information content (AvgIpc) is 3.44. The van der Waals surface area contributed by atoms with E-state index in [9.17, 15) is 14.4 Å². The summed E-state index contributed by atoms with van der Waals surface area (Å²) in [5, 5.41) is 0. The first-order valence-electron chi connectivity index (χ1n) is 35.0. The van der Waals surface area contributed by atoms with Crippen molar-refractivity contribution in [2.75, 3.05) is 13.2 Å². The highest BCUT2D eigenvalue weighted by Crippen LogP contribution is 2.19. The van der Waals surface area contributed by atoms with Gasteiger partial charge in [0, 0.05) is 19.3 Å². The maximum Gasteiger partial charge on any atom is 0.306 e. The molecule has 0 heterocycles. The Hall–Kier alpha value is -2.37. The third-order valence-corrected chi connectivity index (χ3v) is 15.9. The van der Waals surface area contributed by atoms with Gasteiger partial charge in [0.25, 0.3) is 0 Å². The van der Waals surface area contributed by atoms with Gasteiger partial charge in [-0.25, -0.2) is 0 Å². The van der Waals surface area contributed by atoms with E-state index in [1.807, 2.05) is 0 Å². The Morgan fingerprint density at radius 3 is 0.782 bits per heavy atom. The first kappa shape index (κ1) is 75.6. The number of unbranched alkanes of at least 4 members (excludes halogenated alkanes) is 48. The van der Waals surface area contributed by atoms with Crippen molar-refractivity contribution in [3.63, 3.8) is 0 Å². The first-order valence-corrected chi connectivity index (χ1v) is 35.0. The van der Waals surface area contributed by atoms with Crippen LogP contribution < -0.4 is 0 Å². The maximum absolute atomic E-state index is 12.9. The zero-order chi connectivity index (χ0) is 56.4. The fourth-order valence-corrected chi connectivity index (χ4v) is 10.7. The Morgan fingerprint density at radius 2 is 0.500 bits per heavy atom. The normalized spacial score (nSPS) is 12.2. The summed E-state index contributed by atoms with van der Waals surface area (Å²) < 4.78 is 16.9. The van der Waals surface area contributed by atoms with Crippen LogP contribution in [0.2, 0.25) is 0 Å². The number of rotatable bonds is 65. The lowest BCUT2D eigenvalue weighted by molar-refractivity contribution is -0.167. The fraction of sp³-hybridized carbons (Fsp3) is 0.875. The molecule has 6 nitrogen and oxygen atoms in total. The highest BCUT2D eigenvalue weighted by Gasteiger charge is 2.19. The molecule has 0 bridgehead atoms. The van der Waals surface area contributed by atoms with E-state index in [2.05, 4.69) is 57.2 Å². The van der Waals surface area contributed by atoms with Crippen LogP contribution in [-0.4, -0.2) is 37.2 Å². The molecule has 0 aromatic heterocycles. The number of carbonyl (C=O) groups excluding carboxylic acids is 3. The number of allylic oxidation sites excluding steroid dienone is 6. The van der Waals surface area contributed by atoms with Gasteiger partial charge in [0.15, 0.2) is 6.10 Å². The molecule has 0 radical (unpaired) electrons. The smallest absolute Gasteiger partial charge is 0.306 e. The summed E-state index contributed by atoms with van der Waals surface area (Å²) in [5.41, 5.74) is 0. The van der Waals surface area contributed by atoms with E-state index in [1.54, 1.807) is 0 Å². The lowest BCUT2D eigenvalue weighted by atomic mass is 10.0. The summed E-state index contributed by atoms with van der Waals surface area (Å²) in [6.45, 7) is 6.58. The van der Waals surface area contributed by atoms with E-state index in [4.69, 9.17) is 14.2 Å². The Labute approximate surface area is 486 Å². The Morgan fingerprint density at radius 1 is 0.269 bits per heavy atom. The lowest BCUT2D eigenvalue weighted by Gasteiger charge is -2.18. The van der Waals surface area contributed by atoms with Crippen LogP contribution in [0.25, 0.3) is 0 Å². The van der Waals surface area contributed by atoms with Crippen molar-refractivity contribution in [2.45, 2.75) is 393 Å². The van der Waals surface area contributed by atoms with Gasteiger partial charge in [-0.05, 0) is 51.4 Å². The molecule has 0 fully saturated rings. The van der Waals surface area contributed by atoms with Gasteiger partial charge in [-0.2, -0.15) is 0 Å². The van der Waals surface area contributed by atoms with E-state index in [0.717, 1.165) is 83.5 Å². The molecule has 0 aliphatic heterocycles. The number of hydrogen-bond acceptors (Lipinski definition) is 6. The fourth-order valence-electron chi connectivity index (χ4n) is 10.7. The minimum absolute atomic E-state index is 0.0759. The summed E-state index contributed by atoms with van der Waals surface area (Å²) in [6, 6.07) is 0. The van der Waals surface area contributed by atoms with Crippen LogP contribution >= 0.6 is 0 Å². The van der Waals surface area contributed by atoms with Gasteiger partial charge in [0.05, 0.1) is 0 Å². The number of carbonyl (C=O) groups is 3. The molecule has 0 rings (SSSR count). The highest BCUT2D eigenvalue weighted by atomic mass is 16.6. The molecule has 6 heteroatoms. The Kier molecular flexibility index (Phi) is 65.1. The molecular weight excluding hydrogens is 961 g/mol. The van der Waals surface area contributed by atoms with Crippen LogP contribution in [0.1, 0.15) is 387 Å². The van der Waals surface area contributed by atoms with E-state index in [-0.39, 0.29) is 31.1 Å². The van der Waals surface area contributed by atoms with Gasteiger partial charge in [-0.3, -0.25) is 14.4 Å². The summed E-state index contributed by atoms with van der Waals surface area (Å²) in [7, 11) is 0. The zero-order valence-corrected chi connectivity index (χ0v) is 52.7. The Bertz CT molecular complexity index is 1300. The molecule has 0 saturated heterocycles. The summed E-state index contributed by atoms with van der Waals surface area (Å²) in [4.78, 5) is 38.3. The summed E-state index contributed by atoms with van der Waals surface area (Å²) >= 11 is 0. The van der Waals surface area contributed by atoms with Gasteiger partial charge < -0.3 is 14.2 Å². The predicted octanol–water partition coefficient (Wildman–Crippen LogP) is 23.9. The molecule has 0 spiro atoms. The average molecular weight is 1100 g/mol. The standard InChI is InChI=1S/C72H134O6/c1-4-7-10-13-16-19-22-25-27-29-31-32-33-34-35-36-37-38-39-40-41-43-44-47-50-53-56-59-62-65-71(74)77-68-69(67-76-70(73)64-61-58-55-52-49-46-24-21-18-15-12-9-6-3)78-72(75)66-63-60-57-54-51-48-45-42-30-28-26-23-20-17-14-11-8-5-2/h9,12,18,21,46,49,69H,4-8,10-11,13-17,19-20,22-45,47-48,50-68H2,1-3H3/b12-9-,21-18-,49-46-.